The zero-order chi connectivity index (χ0) is 13.1. The number of hydrogen-bond acceptors (Lipinski definition) is 5. The van der Waals surface area contributed by atoms with Gasteiger partial charge in [-0.25, -0.2) is 4.98 Å². The molecule has 0 aliphatic carbocycles. The lowest BCUT2D eigenvalue weighted by Gasteiger charge is -2.29. The van der Waals surface area contributed by atoms with Gasteiger partial charge >= 0.3 is 0 Å². The van der Waals surface area contributed by atoms with Gasteiger partial charge < -0.3 is 15.0 Å². The van der Waals surface area contributed by atoms with Crippen LogP contribution < -0.4 is 15.0 Å². The first-order valence-corrected chi connectivity index (χ1v) is 7.35. The van der Waals surface area contributed by atoms with Gasteiger partial charge in [-0.1, -0.05) is 11.3 Å². The number of rotatable bonds is 3. The molecule has 0 unspecified atom stereocenters. The van der Waals surface area contributed by atoms with E-state index in [0.29, 0.717) is 5.19 Å². The van der Waals surface area contributed by atoms with Crippen molar-refractivity contribution in [2.24, 2.45) is 0 Å². The van der Waals surface area contributed by atoms with Crippen molar-refractivity contribution in [3.63, 3.8) is 0 Å². The average molecular weight is 275 g/mol. The van der Waals surface area contributed by atoms with Gasteiger partial charge in [0, 0.05) is 37.2 Å². The minimum atomic E-state index is 0.701. The lowest BCUT2D eigenvalue weighted by atomic mass is 10.2. The SMILES string of the molecule is Cc1csc(Oc2ccc(N3CCNCC3)cc2)n1. The summed E-state index contributed by atoms with van der Waals surface area (Å²) in [5.41, 5.74) is 2.25. The van der Waals surface area contributed by atoms with E-state index in [-0.39, 0.29) is 0 Å². The highest BCUT2D eigenvalue weighted by Gasteiger charge is 2.10. The summed E-state index contributed by atoms with van der Waals surface area (Å²) in [6.07, 6.45) is 0. The number of hydrogen-bond donors (Lipinski definition) is 1. The van der Waals surface area contributed by atoms with E-state index in [1.54, 1.807) is 0 Å². The molecule has 2 aromatic rings. The largest absolute Gasteiger partial charge is 0.431 e. The highest BCUT2D eigenvalue weighted by atomic mass is 32.1. The molecule has 0 spiro atoms. The Morgan fingerprint density at radius 2 is 1.95 bits per heavy atom. The predicted molar refractivity (Wildman–Crippen MR) is 78.4 cm³/mol. The van der Waals surface area contributed by atoms with Crippen molar-refractivity contribution in [1.82, 2.24) is 10.3 Å². The molecule has 0 radical (unpaired) electrons. The van der Waals surface area contributed by atoms with Gasteiger partial charge in [0.2, 0.25) is 0 Å². The number of ether oxygens (including phenoxy) is 1. The highest BCUT2D eigenvalue weighted by Crippen LogP contribution is 2.26. The van der Waals surface area contributed by atoms with Crippen LogP contribution in [-0.2, 0) is 0 Å². The number of thiazole rings is 1. The number of nitrogens with zero attached hydrogens (tertiary/aromatic N) is 2. The van der Waals surface area contributed by atoms with Crippen LogP contribution in [0.4, 0.5) is 5.69 Å². The summed E-state index contributed by atoms with van der Waals surface area (Å²) in [6, 6.07) is 8.24. The number of anilines is 1. The Labute approximate surface area is 117 Å². The van der Waals surface area contributed by atoms with Crippen LogP contribution in [0, 0.1) is 6.92 Å². The smallest absolute Gasteiger partial charge is 0.278 e. The molecule has 0 amide bonds. The summed E-state index contributed by atoms with van der Waals surface area (Å²) >= 11 is 1.52. The number of benzene rings is 1. The molecule has 3 rings (SSSR count). The molecule has 1 aromatic heterocycles. The lowest BCUT2D eigenvalue weighted by molar-refractivity contribution is 0.478. The zero-order valence-electron chi connectivity index (χ0n) is 10.9. The van der Waals surface area contributed by atoms with Crippen molar-refractivity contribution in [3.8, 4) is 10.9 Å². The van der Waals surface area contributed by atoms with Gasteiger partial charge in [0.25, 0.3) is 5.19 Å². The maximum atomic E-state index is 5.72. The second kappa shape index (κ2) is 5.59. The third-order valence-corrected chi connectivity index (χ3v) is 3.96. The van der Waals surface area contributed by atoms with Crippen LogP contribution in [0.25, 0.3) is 0 Å². The second-order valence-electron chi connectivity index (χ2n) is 4.59. The van der Waals surface area contributed by atoms with Crippen molar-refractivity contribution in [1.29, 1.82) is 0 Å². The maximum absolute atomic E-state index is 5.72. The molecule has 1 saturated heterocycles. The van der Waals surface area contributed by atoms with Gasteiger partial charge in [-0.15, -0.1) is 0 Å². The molecule has 4 nitrogen and oxygen atoms in total. The normalized spacial score (nSPS) is 15.5. The Kier molecular flexibility index (Phi) is 3.66. The Bertz CT molecular complexity index is 532. The molecular formula is C14H17N3OS. The predicted octanol–water partition coefficient (Wildman–Crippen LogP) is 2.65. The highest BCUT2D eigenvalue weighted by molar-refractivity contribution is 7.11. The van der Waals surface area contributed by atoms with Gasteiger partial charge in [-0.3, -0.25) is 0 Å². The van der Waals surface area contributed by atoms with Crippen LogP contribution >= 0.6 is 11.3 Å². The topological polar surface area (TPSA) is 37.4 Å². The van der Waals surface area contributed by atoms with Crippen LogP contribution in [0.2, 0.25) is 0 Å². The monoisotopic (exact) mass is 275 g/mol. The summed E-state index contributed by atoms with van der Waals surface area (Å²) in [7, 11) is 0. The Balaban J connectivity index is 1.68. The van der Waals surface area contributed by atoms with E-state index in [0.717, 1.165) is 37.6 Å². The molecule has 1 aliphatic rings. The van der Waals surface area contributed by atoms with Gasteiger partial charge in [-0.05, 0) is 31.2 Å². The molecule has 0 saturated carbocycles. The van der Waals surface area contributed by atoms with Crippen molar-refractivity contribution in [2.45, 2.75) is 6.92 Å². The van der Waals surface area contributed by atoms with Crippen LogP contribution in [-0.4, -0.2) is 31.2 Å². The Morgan fingerprint density at radius 3 is 2.58 bits per heavy atom. The fraction of sp³-hybridized carbons (Fsp3) is 0.357. The van der Waals surface area contributed by atoms with E-state index in [1.165, 1.54) is 17.0 Å². The third-order valence-electron chi connectivity index (χ3n) is 3.12. The van der Waals surface area contributed by atoms with E-state index < -0.39 is 0 Å². The fourth-order valence-corrected chi connectivity index (χ4v) is 2.79. The Morgan fingerprint density at radius 1 is 1.21 bits per heavy atom. The number of aryl methyl sites for hydroxylation is 1. The van der Waals surface area contributed by atoms with Gasteiger partial charge in [0.05, 0.1) is 5.69 Å². The van der Waals surface area contributed by atoms with Crippen LogP contribution in [0.15, 0.2) is 29.6 Å². The minimum absolute atomic E-state index is 0.701. The van der Waals surface area contributed by atoms with Gasteiger partial charge in [-0.2, -0.15) is 0 Å². The third kappa shape index (κ3) is 3.05. The van der Waals surface area contributed by atoms with Crippen molar-refractivity contribution < 1.29 is 4.74 Å². The first-order valence-electron chi connectivity index (χ1n) is 6.47. The van der Waals surface area contributed by atoms with Gasteiger partial charge in [0.15, 0.2) is 0 Å². The Hall–Kier alpha value is -1.59. The lowest BCUT2D eigenvalue weighted by Crippen LogP contribution is -2.43. The standard InChI is InChI=1S/C14H17N3OS/c1-11-10-19-14(16-11)18-13-4-2-12(3-5-13)17-8-6-15-7-9-17/h2-5,10,15H,6-9H2,1H3. The molecule has 1 fully saturated rings. The van der Waals surface area contributed by atoms with Crippen molar-refractivity contribution in [3.05, 3.63) is 35.3 Å². The summed E-state index contributed by atoms with van der Waals surface area (Å²) < 4.78 is 5.72. The number of aromatic nitrogens is 1. The number of nitrogens with one attached hydrogen (secondary N) is 1. The maximum Gasteiger partial charge on any atom is 0.278 e. The van der Waals surface area contributed by atoms with Crippen molar-refractivity contribution >= 4 is 17.0 Å². The first-order chi connectivity index (χ1) is 9.31. The molecule has 1 aliphatic heterocycles. The molecule has 0 bridgehead atoms. The number of piperazine rings is 1. The molecule has 5 heteroatoms. The molecule has 19 heavy (non-hydrogen) atoms. The van der Waals surface area contributed by atoms with Crippen LogP contribution in [0.1, 0.15) is 5.69 Å². The average Bonchev–Trinajstić information content (AvgIpc) is 2.86. The second-order valence-corrected chi connectivity index (χ2v) is 5.41. The van der Waals surface area contributed by atoms with Crippen LogP contribution in [0.3, 0.4) is 0 Å². The molecule has 0 atom stereocenters. The fourth-order valence-electron chi connectivity index (χ4n) is 2.13. The van der Waals surface area contributed by atoms with E-state index in [9.17, 15) is 0 Å². The van der Waals surface area contributed by atoms with Gasteiger partial charge in [0.1, 0.15) is 5.75 Å². The summed E-state index contributed by atoms with van der Waals surface area (Å²) in [5, 5.41) is 6.05. The molecule has 1 N–H and O–H groups in total. The summed E-state index contributed by atoms with van der Waals surface area (Å²) in [4.78, 5) is 6.68. The van der Waals surface area contributed by atoms with E-state index in [1.807, 2.05) is 24.4 Å². The molecule has 1 aromatic carbocycles. The summed E-state index contributed by atoms with van der Waals surface area (Å²) in [6.45, 7) is 6.20. The van der Waals surface area contributed by atoms with Crippen LogP contribution in [0.5, 0.6) is 10.9 Å². The molecular weight excluding hydrogens is 258 g/mol. The van der Waals surface area contributed by atoms with E-state index in [2.05, 4.69) is 27.3 Å². The van der Waals surface area contributed by atoms with Crippen molar-refractivity contribution in [2.75, 3.05) is 31.1 Å². The molecule has 100 valence electrons. The van der Waals surface area contributed by atoms with E-state index in [4.69, 9.17) is 4.74 Å². The quantitative estimate of drug-likeness (QED) is 0.934. The first kappa shape index (κ1) is 12.4. The minimum Gasteiger partial charge on any atom is -0.431 e. The molecule has 2 heterocycles. The zero-order valence-corrected chi connectivity index (χ0v) is 11.7. The van der Waals surface area contributed by atoms with E-state index >= 15 is 0 Å². The summed E-state index contributed by atoms with van der Waals surface area (Å²) in [5.74, 6) is 0.841.